The molecule has 0 aromatic heterocycles. The molecule has 1 amide bonds. The van der Waals surface area contributed by atoms with E-state index in [1.165, 1.54) is 24.6 Å². The van der Waals surface area contributed by atoms with E-state index in [-0.39, 0.29) is 5.91 Å². The van der Waals surface area contributed by atoms with Crippen LogP contribution in [0.2, 0.25) is 5.02 Å². The summed E-state index contributed by atoms with van der Waals surface area (Å²) >= 11 is 12.9. The summed E-state index contributed by atoms with van der Waals surface area (Å²) in [5, 5.41) is 3.55. The number of carbonyl (C=O) groups excluding carboxylic acids is 1. The van der Waals surface area contributed by atoms with Gasteiger partial charge in [0.25, 0.3) is 0 Å². The first-order valence-electron chi connectivity index (χ1n) is 7.44. The number of thiocarbonyl (C=S) groups is 1. The monoisotopic (exact) mass is 356 g/mol. The minimum atomic E-state index is -0.0527. The number of anilines is 1. The summed E-state index contributed by atoms with van der Waals surface area (Å²) in [6.45, 7) is 6.17. The molecule has 1 saturated heterocycles. The zero-order valence-electron chi connectivity index (χ0n) is 12.9. The van der Waals surface area contributed by atoms with Crippen molar-refractivity contribution in [3.05, 3.63) is 28.8 Å². The number of rotatable bonds is 3. The quantitative estimate of drug-likeness (QED) is 0.817. The Hall–Kier alpha value is -0.780. The Bertz CT molecular complexity index is 557. The van der Waals surface area contributed by atoms with Crippen molar-refractivity contribution in [2.24, 2.45) is 5.92 Å². The predicted octanol–water partition coefficient (Wildman–Crippen LogP) is 4.34. The van der Waals surface area contributed by atoms with Crippen LogP contribution in [0.5, 0.6) is 0 Å². The van der Waals surface area contributed by atoms with Gasteiger partial charge in [-0.3, -0.25) is 4.79 Å². The smallest absolute Gasteiger partial charge is 0.234 e. The highest BCUT2D eigenvalue weighted by Gasteiger charge is 2.18. The third-order valence-electron chi connectivity index (χ3n) is 3.91. The minimum Gasteiger partial charge on any atom is -0.357 e. The number of likely N-dealkylation sites (tertiary alicyclic amines) is 1. The average molecular weight is 357 g/mol. The van der Waals surface area contributed by atoms with Crippen molar-refractivity contribution in [2.75, 3.05) is 24.2 Å². The van der Waals surface area contributed by atoms with Gasteiger partial charge in [-0.25, -0.2) is 0 Å². The molecule has 1 heterocycles. The molecule has 3 nitrogen and oxygen atoms in total. The van der Waals surface area contributed by atoms with Crippen LogP contribution in [0.3, 0.4) is 0 Å². The summed E-state index contributed by atoms with van der Waals surface area (Å²) in [6.07, 6.45) is 2.35. The zero-order valence-corrected chi connectivity index (χ0v) is 15.3. The second-order valence-corrected chi connectivity index (χ2v) is 7.70. The number of carbonyl (C=O) groups is 1. The summed E-state index contributed by atoms with van der Waals surface area (Å²) in [5.74, 6) is 1.05. The fourth-order valence-electron chi connectivity index (χ4n) is 2.34. The molecular weight excluding hydrogens is 336 g/mol. The maximum absolute atomic E-state index is 12.1. The Morgan fingerprint density at radius 2 is 2.14 bits per heavy atom. The molecule has 1 aromatic rings. The molecular formula is C16H21ClN2OS2. The number of thioether (sulfide) groups is 1. The van der Waals surface area contributed by atoms with E-state index in [9.17, 15) is 4.79 Å². The highest BCUT2D eigenvalue weighted by Crippen LogP contribution is 2.24. The van der Waals surface area contributed by atoms with Crippen LogP contribution < -0.4 is 5.32 Å². The van der Waals surface area contributed by atoms with Crippen LogP contribution in [0.15, 0.2) is 18.2 Å². The van der Waals surface area contributed by atoms with Gasteiger partial charge in [0.2, 0.25) is 5.91 Å². The highest BCUT2D eigenvalue weighted by molar-refractivity contribution is 8.23. The molecule has 0 spiro atoms. The van der Waals surface area contributed by atoms with E-state index in [4.69, 9.17) is 23.8 Å². The second kappa shape index (κ2) is 8.18. The molecule has 0 bridgehead atoms. The minimum absolute atomic E-state index is 0.0527. The molecule has 1 fully saturated rings. The molecule has 0 saturated carbocycles. The highest BCUT2D eigenvalue weighted by atomic mass is 35.5. The van der Waals surface area contributed by atoms with Crippen LogP contribution in [-0.4, -0.2) is 34.0 Å². The Kier molecular flexibility index (Phi) is 6.53. The fraction of sp³-hybridized carbons (Fsp3) is 0.500. The van der Waals surface area contributed by atoms with Crippen molar-refractivity contribution >= 4 is 51.5 Å². The third kappa shape index (κ3) is 4.86. The number of piperidine rings is 1. The van der Waals surface area contributed by atoms with Crippen LogP contribution in [-0.2, 0) is 4.79 Å². The number of benzene rings is 1. The number of hydrogen-bond acceptors (Lipinski definition) is 3. The summed E-state index contributed by atoms with van der Waals surface area (Å²) < 4.78 is 0.824. The maximum Gasteiger partial charge on any atom is 0.234 e. The SMILES string of the molecule is Cc1c(Cl)cccc1NC(=O)CSC(=S)N1CCC(C)CC1. The molecule has 6 heteroatoms. The maximum atomic E-state index is 12.1. The van der Waals surface area contributed by atoms with Gasteiger partial charge in [-0.15, -0.1) is 0 Å². The summed E-state index contributed by atoms with van der Waals surface area (Å²) in [5.41, 5.74) is 1.64. The van der Waals surface area contributed by atoms with Gasteiger partial charge in [0.15, 0.2) is 0 Å². The van der Waals surface area contributed by atoms with Gasteiger partial charge in [0, 0.05) is 23.8 Å². The number of halogens is 1. The number of nitrogens with one attached hydrogen (secondary N) is 1. The first kappa shape index (κ1) is 17.6. The molecule has 1 aliphatic heterocycles. The average Bonchev–Trinajstić information content (AvgIpc) is 2.50. The van der Waals surface area contributed by atoms with Gasteiger partial charge in [0.05, 0.1) is 5.75 Å². The van der Waals surface area contributed by atoms with Gasteiger partial charge in [-0.2, -0.15) is 0 Å². The van der Waals surface area contributed by atoms with Gasteiger partial charge in [0.1, 0.15) is 4.32 Å². The number of hydrogen-bond donors (Lipinski definition) is 1. The molecule has 0 aliphatic carbocycles. The van der Waals surface area contributed by atoms with E-state index in [0.29, 0.717) is 10.8 Å². The van der Waals surface area contributed by atoms with Crippen LogP contribution in [0.4, 0.5) is 5.69 Å². The van der Waals surface area contributed by atoms with Crippen molar-refractivity contribution < 1.29 is 4.79 Å². The molecule has 22 heavy (non-hydrogen) atoms. The lowest BCUT2D eigenvalue weighted by molar-refractivity contribution is -0.113. The van der Waals surface area contributed by atoms with Crippen LogP contribution in [0.25, 0.3) is 0 Å². The standard InChI is InChI=1S/C16H21ClN2OS2/c1-11-6-8-19(9-7-11)16(21)22-10-15(20)18-14-5-3-4-13(17)12(14)2/h3-5,11H,6-10H2,1-2H3,(H,18,20). The van der Waals surface area contributed by atoms with E-state index >= 15 is 0 Å². The molecule has 1 aliphatic rings. The molecule has 1 aromatic carbocycles. The Balaban J connectivity index is 1.80. The normalized spacial score (nSPS) is 15.7. The second-order valence-electron chi connectivity index (χ2n) is 5.68. The van der Waals surface area contributed by atoms with Gasteiger partial charge in [-0.05, 0) is 43.4 Å². The first-order chi connectivity index (χ1) is 10.5. The molecule has 0 radical (unpaired) electrons. The predicted molar refractivity (Wildman–Crippen MR) is 99.8 cm³/mol. The molecule has 1 N–H and O–H groups in total. The number of nitrogens with zero attached hydrogens (tertiary/aromatic N) is 1. The van der Waals surface area contributed by atoms with Crippen LogP contribution in [0, 0.1) is 12.8 Å². The summed E-state index contributed by atoms with van der Waals surface area (Å²) in [4.78, 5) is 14.3. The van der Waals surface area contributed by atoms with Crippen molar-refractivity contribution in [1.29, 1.82) is 0 Å². The van der Waals surface area contributed by atoms with Crippen molar-refractivity contribution in [2.45, 2.75) is 26.7 Å². The zero-order chi connectivity index (χ0) is 16.1. The summed E-state index contributed by atoms with van der Waals surface area (Å²) in [6, 6.07) is 5.50. The first-order valence-corrected chi connectivity index (χ1v) is 9.21. The lowest BCUT2D eigenvalue weighted by atomic mass is 10.00. The van der Waals surface area contributed by atoms with Crippen molar-refractivity contribution in [3.63, 3.8) is 0 Å². The fourth-order valence-corrected chi connectivity index (χ4v) is 3.56. The lowest BCUT2D eigenvalue weighted by Crippen LogP contribution is -2.36. The lowest BCUT2D eigenvalue weighted by Gasteiger charge is -2.31. The van der Waals surface area contributed by atoms with E-state index in [0.717, 1.165) is 34.6 Å². The van der Waals surface area contributed by atoms with E-state index in [1.807, 2.05) is 25.1 Å². The Morgan fingerprint density at radius 3 is 2.82 bits per heavy atom. The van der Waals surface area contributed by atoms with E-state index in [1.54, 1.807) is 0 Å². The largest absolute Gasteiger partial charge is 0.357 e. The number of amides is 1. The molecule has 0 unspecified atom stereocenters. The van der Waals surface area contributed by atoms with Crippen LogP contribution in [0.1, 0.15) is 25.3 Å². The topological polar surface area (TPSA) is 32.3 Å². The van der Waals surface area contributed by atoms with Crippen LogP contribution >= 0.6 is 35.6 Å². The van der Waals surface area contributed by atoms with E-state index in [2.05, 4.69) is 17.1 Å². The Labute approximate surface area is 146 Å². The van der Waals surface area contributed by atoms with Crippen molar-refractivity contribution in [1.82, 2.24) is 4.90 Å². The van der Waals surface area contributed by atoms with E-state index < -0.39 is 0 Å². The summed E-state index contributed by atoms with van der Waals surface area (Å²) in [7, 11) is 0. The van der Waals surface area contributed by atoms with Gasteiger partial charge >= 0.3 is 0 Å². The molecule has 120 valence electrons. The Morgan fingerprint density at radius 1 is 1.45 bits per heavy atom. The van der Waals surface area contributed by atoms with Gasteiger partial charge < -0.3 is 10.2 Å². The molecule has 2 rings (SSSR count). The third-order valence-corrected chi connectivity index (χ3v) is 5.84. The van der Waals surface area contributed by atoms with Gasteiger partial charge in [-0.1, -0.05) is 48.6 Å². The molecule has 0 atom stereocenters. The van der Waals surface area contributed by atoms with Crippen molar-refractivity contribution in [3.8, 4) is 0 Å².